The van der Waals surface area contributed by atoms with Crippen LogP contribution >= 0.6 is 0 Å². The molecule has 1 saturated heterocycles. The molecule has 0 aromatic heterocycles. The van der Waals surface area contributed by atoms with E-state index in [1.54, 1.807) is 0 Å². The lowest BCUT2D eigenvalue weighted by molar-refractivity contribution is -0.104. The number of allylic oxidation sites excluding steroid dienone is 2. The summed E-state index contributed by atoms with van der Waals surface area (Å²) in [5.74, 6) is 0.236. The molecule has 124 valence electrons. The van der Waals surface area contributed by atoms with Crippen molar-refractivity contribution < 1.29 is 9.47 Å². The Hall–Kier alpha value is -2.16. The third-order valence-electron chi connectivity index (χ3n) is 4.42. The fraction of sp³-hybridized carbons (Fsp3) is 0.273. The van der Waals surface area contributed by atoms with E-state index in [1.165, 1.54) is 0 Å². The normalized spacial score (nSPS) is 21.0. The molecular formula is C22H24O2. The van der Waals surface area contributed by atoms with Gasteiger partial charge in [0, 0.05) is 5.92 Å². The maximum atomic E-state index is 6.36. The van der Waals surface area contributed by atoms with Crippen LogP contribution in [0, 0.1) is 5.92 Å². The summed E-state index contributed by atoms with van der Waals surface area (Å²) in [5, 5.41) is 0. The Morgan fingerprint density at radius 2 is 1.17 bits per heavy atom. The van der Waals surface area contributed by atoms with Crippen molar-refractivity contribution in [2.75, 3.05) is 0 Å². The van der Waals surface area contributed by atoms with Crippen molar-refractivity contribution in [2.24, 2.45) is 5.92 Å². The minimum Gasteiger partial charge on any atom is -0.341 e. The van der Waals surface area contributed by atoms with Gasteiger partial charge in [0.15, 0.2) is 6.29 Å². The Labute approximate surface area is 144 Å². The summed E-state index contributed by atoms with van der Waals surface area (Å²) in [7, 11) is 0. The zero-order chi connectivity index (χ0) is 16.8. The molecule has 1 aliphatic heterocycles. The van der Waals surface area contributed by atoms with Gasteiger partial charge in [0.1, 0.15) is 12.2 Å². The topological polar surface area (TPSA) is 18.5 Å². The third-order valence-corrected chi connectivity index (χ3v) is 4.42. The Balaban J connectivity index is 1.89. The Morgan fingerprint density at radius 1 is 0.750 bits per heavy atom. The Morgan fingerprint density at radius 3 is 1.54 bits per heavy atom. The smallest absolute Gasteiger partial charge is 0.162 e. The van der Waals surface area contributed by atoms with Crippen molar-refractivity contribution in [1.29, 1.82) is 0 Å². The highest BCUT2D eigenvalue weighted by Gasteiger charge is 2.40. The van der Waals surface area contributed by atoms with Gasteiger partial charge in [-0.25, -0.2) is 0 Å². The number of ether oxygens (including phenoxy) is 2. The van der Waals surface area contributed by atoms with E-state index in [2.05, 4.69) is 37.4 Å². The molecule has 1 fully saturated rings. The van der Waals surface area contributed by atoms with Gasteiger partial charge in [-0.05, 0) is 24.0 Å². The predicted octanol–water partition coefficient (Wildman–Crippen LogP) is 5.61. The first-order valence-corrected chi connectivity index (χ1v) is 8.46. The molecule has 0 saturated carbocycles. The zero-order valence-electron chi connectivity index (χ0n) is 13.9. The average molecular weight is 320 g/mol. The van der Waals surface area contributed by atoms with Gasteiger partial charge >= 0.3 is 0 Å². The summed E-state index contributed by atoms with van der Waals surface area (Å²) < 4.78 is 12.7. The largest absolute Gasteiger partial charge is 0.341 e. The van der Waals surface area contributed by atoms with Gasteiger partial charge in [0.25, 0.3) is 0 Å². The molecule has 1 heterocycles. The predicted molar refractivity (Wildman–Crippen MR) is 97.4 cm³/mol. The molecule has 0 aliphatic carbocycles. The molecule has 2 atom stereocenters. The van der Waals surface area contributed by atoms with E-state index in [4.69, 9.17) is 9.47 Å². The van der Waals surface area contributed by atoms with Crippen LogP contribution in [0.25, 0.3) is 0 Å². The minimum absolute atomic E-state index is 0.101. The lowest BCUT2D eigenvalue weighted by Gasteiger charge is -2.20. The first-order chi connectivity index (χ1) is 11.8. The molecule has 2 nitrogen and oxygen atoms in total. The maximum Gasteiger partial charge on any atom is 0.162 e. The van der Waals surface area contributed by atoms with Crippen LogP contribution in [0.2, 0.25) is 0 Å². The van der Waals surface area contributed by atoms with Gasteiger partial charge in [-0.3, -0.25) is 0 Å². The summed E-state index contributed by atoms with van der Waals surface area (Å²) in [6.45, 7) is 7.73. The van der Waals surface area contributed by atoms with Crippen LogP contribution in [0.4, 0.5) is 0 Å². The molecule has 0 amide bonds. The molecule has 0 unspecified atom stereocenters. The van der Waals surface area contributed by atoms with Crippen molar-refractivity contribution in [3.05, 3.63) is 97.1 Å². The van der Waals surface area contributed by atoms with Gasteiger partial charge in [0.2, 0.25) is 0 Å². The van der Waals surface area contributed by atoms with Crippen LogP contribution in [0.15, 0.2) is 86.0 Å². The summed E-state index contributed by atoms with van der Waals surface area (Å²) in [6.07, 6.45) is 5.09. The fourth-order valence-electron chi connectivity index (χ4n) is 3.22. The molecule has 2 aromatic carbocycles. The van der Waals surface area contributed by atoms with E-state index < -0.39 is 0 Å². The standard InChI is InChI=1S/C22H24O2/c1-3-11-19(12-4-2)22-23-20(17-13-7-5-8-14-17)21(24-22)18-15-9-6-10-16-18/h3-10,13-16,19-22H,1-2,11-12H2/t20-,21-/m1/s1. The summed E-state index contributed by atoms with van der Waals surface area (Å²) in [6, 6.07) is 20.6. The highest BCUT2D eigenvalue weighted by atomic mass is 16.7. The molecule has 0 N–H and O–H groups in total. The fourth-order valence-corrected chi connectivity index (χ4v) is 3.22. The lowest BCUT2D eigenvalue weighted by atomic mass is 9.99. The molecule has 2 heteroatoms. The molecule has 0 bridgehead atoms. The number of rotatable bonds is 7. The lowest BCUT2D eigenvalue weighted by Crippen LogP contribution is -2.21. The Bertz CT molecular complexity index is 593. The van der Waals surface area contributed by atoms with Crippen LogP contribution in [0.5, 0.6) is 0 Å². The van der Waals surface area contributed by atoms with Crippen LogP contribution in [0.3, 0.4) is 0 Å². The van der Waals surface area contributed by atoms with Crippen LogP contribution < -0.4 is 0 Å². The molecular weight excluding hydrogens is 296 g/mol. The second-order valence-electron chi connectivity index (χ2n) is 6.11. The number of hydrogen-bond acceptors (Lipinski definition) is 2. The van der Waals surface area contributed by atoms with E-state index in [0.29, 0.717) is 0 Å². The van der Waals surface area contributed by atoms with Crippen molar-refractivity contribution in [1.82, 2.24) is 0 Å². The van der Waals surface area contributed by atoms with Gasteiger partial charge in [-0.1, -0.05) is 72.8 Å². The summed E-state index contributed by atoms with van der Waals surface area (Å²) in [4.78, 5) is 0. The van der Waals surface area contributed by atoms with Crippen molar-refractivity contribution in [3.8, 4) is 0 Å². The van der Waals surface area contributed by atoms with Gasteiger partial charge in [-0.15, -0.1) is 13.2 Å². The van der Waals surface area contributed by atoms with Crippen LogP contribution in [0.1, 0.15) is 36.2 Å². The highest BCUT2D eigenvalue weighted by molar-refractivity contribution is 5.26. The molecule has 24 heavy (non-hydrogen) atoms. The highest BCUT2D eigenvalue weighted by Crippen LogP contribution is 2.45. The van der Waals surface area contributed by atoms with Crippen molar-refractivity contribution in [3.63, 3.8) is 0 Å². The minimum atomic E-state index is -0.253. The van der Waals surface area contributed by atoms with E-state index in [-0.39, 0.29) is 24.4 Å². The van der Waals surface area contributed by atoms with Crippen molar-refractivity contribution in [2.45, 2.75) is 31.3 Å². The van der Waals surface area contributed by atoms with Crippen LogP contribution in [-0.2, 0) is 9.47 Å². The first-order valence-electron chi connectivity index (χ1n) is 8.46. The van der Waals surface area contributed by atoms with E-state index in [0.717, 1.165) is 24.0 Å². The summed E-state index contributed by atoms with van der Waals surface area (Å²) >= 11 is 0. The zero-order valence-corrected chi connectivity index (χ0v) is 13.9. The SMILES string of the molecule is C=CCC(CC=C)C1O[C@H](c2ccccc2)[C@@H](c2ccccc2)O1. The molecule has 2 aromatic rings. The summed E-state index contributed by atoms with van der Waals surface area (Å²) in [5.41, 5.74) is 2.29. The Kier molecular flexibility index (Phi) is 5.63. The number of benzene rings is 2. The molecule has 1 aliphatic rings. The van der Waals surface area contributed by atoms with Crippen molar-refractivity contribution >= 4 is 0 Å². The van der Waals surface area contributed by atoms with Gasteiger partial charge in [-0.2, -0.15) is 0 Å². The molecule has 0 spiro atoms. The van der Waals surface area contributed by atoms with E-state index in [1.807, 2.05) is 48.6 Å². The van der Waals surface area contributed by atoms with Gasteiger partial charge in [0.05, 0.1) is 0 Å². The van der Waals surface area contributed by atoms with Crippen LogP contribution in [-0.4, -0.2) is 6.29 Å². The van der Waals surface area contributed by atoms with E-state index >= 15 is 0 Å². The second kappa shape index (κ2) is 8.09. The second-order valence-corrected chi connectivity index (χ2v) is 6.11. The number of hydrogen-bond donors (Lipinski definition) is 0. The average Bonchev–Trinajstić information content (AvgIpc) is 3.08. The van der Waals surface area contributed by atoms with E-state index in [9.17, 15) is 0 Å². The maximum absolute atomic E-state index is 6.36. The molecule has 3 rings (SSSR count). The molecule has 0 radical (unpaired) electrons. The van der Waals surface area contributed by atoms with Gasteiger partial charge < -0.3 is 9.47 Å². The monoisotopic (exact) mass is 320 g/mol. The quantitative estimate of drug-likeness (QED) is 0.617. The third kappa shape index (κ3) is 3.66. The first kappa shape index (κ1) is 16.7.